The second-order valence-electron chi connectivity index (χ2n) is 3.80. The number of nitrogens with zero attached hydrogens (tertiary/aromatic N) is 2. The van der Waals surface area contributed by atoms with Crippen LogP contribution in [0.4, 0.5) is 0 Å². The van der Waals surface area contributed by atoms with Crippen LogP contribution in [0.2, 0.25) is 0 Å². The molecular weight excluding hydrogens is 292 g/mol. The molecule has 2 aromatic carbocycles. The normalized spacial score (nSPS) is 10.5. The Balaban J connectivity index is 2.00. The fraction of sp³-hybridized carbons (Fsp3) is 0. The number of hydrogen-bond acceptors (Lipinski definition) is 3. The van der Waals surface area contributed by atoms with Crippen molar-refractivity contribution < 1.29 is 4.52 Å². The molecular formula is C14H9BrN2O. The van der Waals surface area contributed by atoms with Gasteiger partial charge in [0.1, 0.15) is 0 Å². The Morgan fingerprint density at radius 2 is 1.67 bits per heavy atom. The van der Waals surface area contributed by atoms with Gasteiger partial charge in [-0.25, -0.2) is 0 Å². The van der Waals surface area contributed by atoms with Crippen molar-refractivity contribution in [2.24, 2.45) is 0 Å². The maximum Gasteiger partial charge on any atom is 0.258 e. The van der Waals surface area contributed by atoms with Crippen molar-refractivity contribution >= 4 is 15.9 Å². The molecule has 0 saturated carbocycles. The topological polar surface area (TPSA) is 38.9 Å². The Hall–Kier alpha value is -1.94. The predicted octanol–water partition coefficient (Wildman–Crippen LogP) is 4.17. The molecule has 1 aromatic heterocycles. The Kier molecular flexibility index (Phi) is 2.94. The Bertz CT molecular complexity index is 664. The van der Waals surface area contributed by atoms with Gasteiger partial charge in [-0.05, 0) is 18.2 Å². The van der Waals surface area contributed by atoms with E-state index in [0.717, 1.165) is 15.6 Å². The van der Waals surface area contributed by atoms with Gasteiger partial charge in [0.2, 0.25) is 5.82 Å². The van der Waals surface area contributed by atoms with Gasteiger partial charge >= 0.3 is 0 Å². The van der Waals surface area contributed by atoms with Crippen molar-refractivity contribution in [3.05, 3.63) is 59.1 Å². The van der Waals surface area contributed by atoms with Crippen molar-refractivity contribution in [2.75, 3.05) is 0 Å². The molecule has 3 nitrogen and oxygen atoms in total. The Morgan fingerprint density at radius 1 is 0.889 bits per heavy atom. The summed E-state index contributed by atoms with van der Waals surface area (Å²) in [6.45, 7) is 0. The lowest BCUT2D eigenvalue weighted by Crippen LogP contribution is -1.80. The minimum Gasteiger partial charge on any atom is -0.334 e. The average Bonchev–Trinajstić information content (AvgIpc) is 2.89. The van der Waals surface area contributed by atoms with Gasteiger partial charge in [-0.1, -0.05) is 57.5 Å². The second kappa shape index (κ2) is 4.74. The third kappa shape index (κ3) is 2.19. The fourth-order valence-corrected chi connectivity index (χ4v) is 2.07. The van der Waals surface area contributed by atoms with Gasteiger partial charge in [-0.15, -0.1) is 0 Å². The Labute approximate surface area is 113 Å². The third-order valence-electron chi connectivity index (χ3n) is 2.53. The summed E-state index contributed by atoms with van der Waals surface area (Å²) in [4.78, 5) is 4.39. The van der Waals surface area contributed by atoms with Gasteiger partial charge in [0.15, 0.2) is 0 Å². The van der Waals surface area contributed by atoms with Crippen LogP contribution in [-0.4, -0.2) is 10.1 Å². The molecule has 0 bridgehead atoms. The quantitative estimate of drug-likeness (QED) is 0.713. The lowest BCUT2D eigenvalue weighted by atomic mass is 10.2. The highest BCUT2D eigenvalue weighted by Crippen LogP contribution is 2.24. The predicted molar refractivity (Wildman–Crippen MR) is 72.9 cm³/mol. The van der Waals surface area contributed by atoms with Gasteiger partial charge in [0.25, 0.3) is 5.89 Å². The van der Waals surface area contributed by atoms with Crippen molar-refractivity contribution in [1.29, 1.82) is 0 Å². The number of aromatic nitrogens is 2. The second-order valence-corrected chi connectivity index (χ2v) is 4.72. The summed E-state index contributed by atoms with van der Waals surface area (Å²) in [5, 5.41) is 3.99. The van der Waals surface area contributed by atoms with Crippen LogP contribution < -0.4 is 0 Å². The standard InChI is InChI=1S/C14H9BrN2O/c15-12-8-4-7-11(9-12)14-16-13(17-18-14)10-5-2-1-3-6-10/h1-9H. The summed E-state index contributed by atoms with van der Waals surface area (Å²) in [5.74, 6) is 1.13. The van der Waals surface area contributed by atoms with Gasteiger partial charge < -0.3 is 4.52 Å². The highest BCUT2D eigenvalue weighted by atomic mass is 79.9. The molecule has 18 heavy (non-hydrogen) atoms. The van der Waals surface area contributed by atoms with Gasteiger partial charge in [0, 0.05) is 15.6 Å². The van der Waals surface area contributed by atoms with E-state index in [1.807, 2.05) is 54.6 Å². The van der Waals surface area contributed by atoms with Crippen molar-refractivity contribution in [1.82, 2.24) is 10.1 Å². The first-order valence-electron chi connectivity index (χ1n) is 5.48. The maximum absolute atomic E-state index is 5.28. The zero-order chi connectivity index (χ0) is 12.4. The summed E-state index contributed by atoms with van der Waals surface area (Å²) in [6, 6.07) is 17.5. The van der Waals surface area contributed by atoms with Crippen molar-refractivity contribution in [3.8, 4) is 22.8 Å². The number of benzene rings is 2. The van der Waals surface area contributed by atoms with Gasteiger partial charge in [-0.2, -0.15) is 4.98 Å². The molecule has 4 heteroatoms. The van der Waals surface area contributed by atoms with E-state index >= 15 is 0 Å². The summed E-state index contributed by atoms with van der Waals surface area (Å²) >= 11 is 3.42. The lowest BCUT2D eigenvalue weighted by Gasteiger charge is -1.94. The largest absolute Gasteiger partial charge is 0.334 e. The molecule has 1 heterocycles. The third-order valence-corrected chi connectivity index (χ3v) is 3.02. The minimum absolute atomic E-state index is 0.523. The molecule has 0 atom stereocenters. The molecule has 0 saturated heterocycles. The molecule has 0 unspecified atom stereocenters. The van der Waals surface area contributed by atoms with Crippen LogP contribution >= 0.6 is 15.9 Å². The van der Waals surface area contributed by atoms with Crippen LogP contribution in [0.25, 0.3) is 22.8 Å². The molecule has 0 aliphatic rings. The molecule has 0 N–H and O–H groups in total. The van der Waals surface area contributed by atoms with E-state index in [-0.39, 0.29) is 0 Å². The number of hydrogen-bond donors (Lipinski definition) is 0. The molecule has 0 fully saturated rings. The van der Waals surface area contributed by atoms with E-state index in [9.17, 15) is 0 Å². The molecule has 3 aromatic rings. The highest BCUT2D eigenvalue weighted by molar-refractivity contribution is 9.10. The molecule has 0 radical (unpaired) electrons. The average molecular weight is 301 g/mol. The molecule has 0 aliphatic carbocycles. The Morgan fingerprint density at radius 3 is 2.44 bits per heavy atom. The fourth-order valence-electron chi connectivity index (χ4n) is 1.67. The first kappa shape index (κ1) is 11.2. The first-order valence-corrected chi connectivity index (χ1v) is 6.27. The van der Waals surface area contributed by atoms with E-state index < -0.39 is 0 Å². The zero-order valence-electron chi connectivity index (χ0n) is 9.38. The highest BCUT2D eigenvalue weighted by Gasteiger charge is 2.10. The van der Waals surface area contributed by atoms with E-state index in [2.05, 4.69) is 26.1 Å². The SMILES string of the molecule is Brc1cccc(-c2nc(-c3ccccc3)no2)c1. The summed E-state index contributed by atoms with van der Waals surface area (Å²) in [7, 11) is 0. The monoisotopic (exact) mass is 300 g/mol. The number of halogens is 1. The van der Waals surface area contributed by atoms with Crippen LogP contribution in [0.15, 0.2) is 63.6 Å². The van der Waals surface area contributed by atoms with Crippen LogP contribution in [0.1, 0.15) is 0 Å². The lowest BCUT2D eigenvalue weighted by molar-refractivity contribution is 0.432. The van der Waals surface area contributed by atoms with E-state index in [1.165, 1.54) is 0 Å². The summed E-state index contributed by atoms with van der Waals surface area (Å²) in [6.07, 6.45) is 0. The molecule has 0 aliphatic heterocycles. The molecule has 3 rings (SSSR count). The maximum atomic E-state index is 5.28. The van der Waals surface area contributed by atoms with Crippen LogP contribution in [0, 0.1) is 0 Å². The van der Waals surface area contributed by atoms with Gasteiger partial charge in [0.05, 0.1) is 0 Å². The molecule has 88 valence electrons. The molecule has 0 spiro atoms. The van der Waals surface area contributed by atoms with Crippen LogP contribution in [0.5, 0.6) is 0 Å². The smallest absolute Gasteiger partial charge is 0.258 e. The van der Waals surface area contributed by atoms with Crippen LogP contribution in [-0.2, 0) is 0 Å². The minimum atomic E-state index is 0.523. The van der Waals surface area contributed by atoms with E-state index in [4.69, 9.17) is 4.52 Å². The number of rotatable bonds is 2. The first-order chi connectivity index (χ1) is 8.83. The molecule has 0 amide bonds. The van der Waals surface area contributed by atoms with E-state index in [0.29, 0.717) is 11.7 Å². The van der Waals surface area contributed by atoms with Gasteiger partial charge in [-0.3, -0.25) is 0 Å². The van der Waals surface area contributed by atoms with Crippen LogP contribution in [0.3, 0.4) is 0 Å². The van der Waals surface area contributed by atoms with E-state index in [1.54, 1.807) is 0 Å². The zero-order valence-corrected chi connectivity index (χ0v) is 11.0. The van der Waals surface area contributed by atoms with Crippen molar-refractivity contribution in [3.63, 3.8) is 0 Å². The summed E-state index contributed by atoms with van der Waals surface area (Å²) < 4.78 is 6.26. The summed E-state index contributed by atoms with van der Waals surface area (Å²) in [5.41, 5.74) is 1.85. The van der Waals surface area contributed by atoms with Crippen molar-refractivity contribution in [2.45, 2.75) is 0 Å².